The lowest BCUT2D eigenvalue weighted by molar-refractivity contribution is 0.416. The fourth-order valence-corrected chi connectivity index (χ4v) is 2.08. The summed E-state index contributed by atoms with van der Waals surface area (Å²) in [4.78, 5) is 7.68. The predicted octanol–water partition coefficient (Wildman–Crippen LogP) is 2.59. The summed E-state index contributed by atoms with van der Waals surface area (Å²) in [6.45, 7) is 6.15. The zero-order valence-electron chi connectivity index (χ0n) is 11.9. The molecule has 1 aromatic carbocycles. The van der Waals surface area contributed by atoms with Gasteiger partial charge in [0.1, 0.15) is 11.6 Å². The Balaban J connectivity index is 2.40. The van der Waals surface area contributed by atoms with E-state index >= 15 is 0 Å². The number of benzene rings is 1. The van der Waals surface area contributed by atoms with Crippen molar-refractivity contribution in [3.63, 3.8) is 0 Å². The van der Waals surface area contributed by atoms with E-state index in [1.165, 1.54) is 11.1 Å². The van der Waals surface area contributed by atoms with Gasteiger partial charge >= 0.3 is 0 Å². The largest absolute Gasteiger partial charge is 0.496 e. The Labute approximate surface area is 114 Å². The first-order valence-electron chi connectivity index (χ1n) is 6.46. The maximum atomic E-state index is 5.79. The topological polar surface area (TPSA) is 63.9 Å². The van der Waals surface area contributed by atoms with Crippen LogP contribution < -0.4 is 10.5 Å². The maximum absolute atomic E-state index is 5.79. The van der Waals surface area contributed by atoms with E-state index in [9.17, 15) is 0 Å². The number of nitrogens with two attached hydrogens (primary N) is 1. The highest BCUT2D eigenvalue weighted by Gasteiger charge is 2.11. The van der Waals surface area contributed by atoms with Crippen molar-refractivity contribution in [1.82, 2.24) is 9.97 Å². The van der Waals surface area contributed by atoms with E-state index in [0.29, 0.717) is 0 Å². The van der Waals surface area contributed by atoms with Crippen LogP contribution in [0.4, 0.5) is 0 Å². The van der Waals surface area contributed by atoms with E-state index in [0.717, 1.165) is 29.3 Å². The molecule has 0 saturated heterocycles. The second-order valence-corrected chi connectivity index (χ2v) is 5.06. The molecule has 0 fully saturated rings. The SMILES string of the molecule is COc1cc(C)c(C)cc1-c1cnc(CC(C)N)[nH]1. The zero-order chi connectivity index (χ0) is 14.0. The van der Waals surface area contributed by atoms with Crippen LogP contribution in [-0.2, 0) is 6.42 Å². The number of hydrogen-bond acceptors (Lipinski definition) is 3. The number of imidazole rings is 1. The lowest BCUT2D eigenvalue weighted by atomic mass is 10.0. The van der Waals surface area contributed by atoms with Gasteiger partial charge < -0.3 is 15.5 Å². The van der Waals surface area contributed by atoms with Crippen molar-refractivity contribution in [2.24, 2.45) is 5.73 Å². The third-order valence-corrected chi connectivity index (χ3v) is 3.25. The van der Waals surface area contributed by atoms with E-state index in [2.05, 4.69) is 35.9 Å². The number of rotatable bonds is 4. The summed E-state index contributed by atoms with van der Waals surface area (Å²) >= 11 is 0. The number of aryl methyl sites for hydroxylation is 2. The van der Waals surface area contributed by atoms with Crippen molar-refractivity contribution >= 4 is 0 Å². The molecule has 2 aromatic rings. The number of nitrogens with zero attached hydrogens (tertiary/aromatic N) is 1. The van der Waals surface area contributed by atoms with E-state index in [-0.39, 0.29) is 6.04 Å². The van der Waals surface area contributed by atoms with E-state index in [1.807, 2.05) is 13.1 Å². The lowest BCUT2D eigenvalue weighted by Gasteiger charge is -2.10. The molecular formula is C15H21N3O. The predicted molar refractivity (Wildman–Crippen MR) is 77.4 cm³/mol. The first-order valence-corrected chi connectivity index (χ1v) is 6.46. The van der Waals surface area contributed by atoms with Gasteiger partial charge in [-0.1, -0.05) is 0 Å². The van der Waals surface area contributed by atoms with Crippen LogP contribution in [0.2, 0.25) is 0 Å². The van der Waals surface area contributed by atoms with Gasteiger partial charge in [0.05, 0.1) is 19.0 Å². The third-order valence-electron chi connectivity index (χ3n) is 3.25. The Morgan fingerprint density at radius 1 is 1.32 bits per heavy atom. The minimum Gasteiger partial charge on any atom is -0.496 e. The summed E-state index contributed by atoms with van der Waals surface area (Å²) < 4.78 is 5.45. The molecule has 1 heterocycles. The van der Waals surface area contributed by atoms with E-state index in [1.54, 1.807) is 7.11 Å². The summed E-state index contributed by atoms with van der Waals surface area (Å²) in [5.41, 5.74) is 10.2. The molecule has 1 aromatic heterocycles. The second-order valence-electron chi connectivity index (χ2n) is 5.06. The number of H-pyrrole nitrogens is 1. The van der Waals surface area contributed by atoms with Gasteiger partial charge in [0, 0.05) is 18.0 Å². The highest BCUT2D eigenvalue weighted by Crippen LogP contribution is 2.31. The molecular weight excluding hydrogens is 238 g/mol. The van der Waals surface area contributed by atoms with Crippen LogP contribution in [0, 0.1) is 13.8 Å². The Morgan fingerprint density at radius 3 is 2.63 bits per heavy atom. The first-order chi connectivity index (χ1) is 9.01. The van der Waals surface area contributed by atoms with Crippen molar-refractivity contribution in [1.29, 1.82) is 0 Å². The van der Waals surface area contributed by atoms with Crippen LogP contribution in [0.25, 0.3) is 11.3 Å². The summed E-state index contributed by atoms with van der Waals surface area (Å²) in [7, 11) is 1.69. The lowest BCUT2D eigenvalue weighted by Crippen LogP contribution is -2.18. The van der Waals surface area contributed by atoms with Crippen molar-refractivity contribution in [2.75, 3.05) is 7.11 Å². The van der Waals surface area contributed by atoms with Crippen LogP contribution in [-0.4, -0.2) is 23.1 Å². The summed E-state index contributed by atoms with van der Waals surface area (Å²) in [5.74, 6) is 1.77. The van der Waals surface area contributed by atoms with Crippen LogP contribution in [0.3, 0.4) is 0 Å². The van der Waals surface area contributed by atoms with Crippen LogP contribution in [0.15, 0.2) is 18.3 Å². The fourth-order valence-electron chi connectivity index (χ4n) is 2.08. The van der Waals surface area contributed by atoms with Crippen molar-refractivity contribution in [2.45, 2.75) is 33.2 Å². The number of ether oxygens (including phenoxy) is 1. The van der Waals surface area contributed by atoms with Gasteiger partial charge in [-0.15, -0.1) is 0 Å². The molecule has 0 bridgehead atoms. The van der Waals surface area contributed by atoms with Crippen LogP contribution in [0.1, 0.15) is 23.9 Å². The first kappa shape index (κ1) is 13.6. The normalized spacial score (nSPS) is 12.5. The number of aromatic amines is 1. The monoisotopic (exact) mass is 259 g/mol. The zero-order valence-corrected chi connectivity index (χ0v) is 11.9. The molecule has 4 nitrogen and oxygen atoms in total. The van der Waals surface area contributed by atoms with Gasteiger partial charge in [0.2, 0.25) is 0 Å². The molecule has 0 saturated carbocycles. The van der Waals surface area contributed by atoms with Crippen LogP contribution in [0.5, 0.6) is 5.75 Å². The molecule has 1 atom stereocenters. The van der Waals surface area contributed by atoms with E-state index in [4.69, 9.17) is 10.5 Å². The molecule has 0 spiro atoms. The number of aromatic nitrogens is 2. The molecule has 0 aliphatic carbocycles. The second kappa shape index (κ2) is 5.45. The van der Waals surface area contributed by atoms with Crippen molar-refractivity contribution in [3.8, 4) is 17.0 Å². The summed E-state index contributed by atoms with van der Waals surface area (Å²) in [5, 5.41) is 0. The summed E-state index contributed by atoms with van der Waals surface area (Å²) in [6.07, 6.45) is 2.58. The van der Waals surface area contributed by atoms with Gasteiger partial charge in [-0.05, 0) is 44.0 Å². The Kier molecular flexibility index (Phi) is 3.90. The van der Waals surface area contributed by atoms with Crippen molar-refractivity contribution < 1.29 is 4.74 Å². The number of methoxy groups -OCH3 is 1. The molecule has 0 radical (unpaired) electrons. The minimum absolute atomic E-state index is 0.0978. The van der Waals surface area contributed by atoms with Gasteiger partial charge in [-0.25, -0.2) is 4.98 Å². The molecule has 102 valence electrons. The smallest absolute Gasteiger partial charge is 0.128 e. The Bertz CT molecular complexity index is 573. The van der Waals surface area contributed by atoms with E-state index < -0.39 is 0 Å². The highest BCUT2D eigenvalue weighted by atomic mass is 16.5. The number of hydrogen-bond donors (Lipinski definition) is 2. The number of nitrogens with one attached hydrogen (secondary N) is 1. The third kappa shape index (κ3) is 2.96. The summed E-state index contributed by atoms with van der Waals surface area (Å²) in [6, 6.07) is 4.27. The van der Waals surface area contributed by atoms with Crippen molar-refractivity contribution in [3.05, 3.63) is 35.3 Å². The molecule has 0 aliphatic rings. The molecule has 3 N–H and O–H groups in total. The minimum atomic E-state index is 0.0978. The average Bonchev–Trinajstić information content (AvgIpc) is 2.79. The molecule has 0 aliphatic heterocycles. The average molecular weight is 259 g/mol. The Morgan fingerprint density at radius 2 is 2.00 bits per heavy atom. The standard InChI is InChI=1S/C15H21N3O/c1-9-5-12(14(19-4)6-10(9)2)13-8-17-15(18-13)7-11(3)16/h5-6,8,11H,7,16H2,1-4H3,(H,17,18). The van der Waals surface area contributed by atoms with Gasteiger partial charge in [-0.3, -0.25) is 0 Å². The molecule has 2 rings (SSSR count). The highest BCUT2D eigenvalue weighted by molar-refractivity contribution is 5.68. The quantitative estimate of drug-likeness (QED) is 0.887. The van der Waals surface area contributed by atoms with Gasteiger partial charge in [0.25, 0.3) is 0 Å². The van der Waals surface area contributed by atoms with Gasteiger partial charge in [-0.2, -0.15) is 0 Å². The molecule has 4 heteroatoms. The molecule has 1 unspecified atom stereocenters. The Hall–Kier alpha value is -1.81. The van der Waals surface area contributed by atoms with Gasteiger partial charge in [0.15, 0.2) is 0 Å². The van der Waals surface area contributed by atoms with Crippen LogP contribution >= 0.6 is 0 Å². The molecule has 0 amide bonds. The fraction of sp³-hybridized carbons (Fsp3) is 0.400. The maximum Gasteiger partial charge on any atom is 0.128 e. The molecule has 19 heavy (non-hydrogen) atoms.